The van der Waals surface area contributed by atoms with Gasteiger partial charge in [0.25, 0.3) is 5.91 Å². The summed E-state index contributed by atoms with van der Waals surface area (Å²) in [5.41, 5.74) is 0.633. The van der Waals surface area contributed by atoms with E-state index in [1.807, 2.05) is 25.1 Å². The van der Waals surface area contributed by atoms with Crippen LogP contribution in [0, 0.1) is 0 Å². The Balaban J connectivity index is 1.56. The van der Waals surface area contributed by atoms with Gasteiger partial charge in [-0.1, -0.05) is 19.1 Å². The zero-order valence-electron chi connectivity index (χ0n) is 14.1. The molecule has 0 spiro atoms. The van der Waals surface area contributed by atoms with Gasteiger partial charge in [0.15, 0.2) is 29.6 Å². The number of rotatable bonds is 7. The standard InChI is InChI=1S/C19H21NO5/c1-2-9-22-15-5-3-4-6-16(15)25-13-19(21)20-14-7-8-17-18(12-14)24-11-10-23-17/h3-8,12H,2,9-11,13H2,1H3,(H,20,21). The van der Waals surface area contributed by atoms with Crippen molar-refractivity contribution < 1.29 is 23.7 Å². The first-order chi connectivity index (χ1) is 12.3. The van der Waals surface area contributed by atoms with E-state index in [0.29, 0.717) is 48.5 Å². The second-order valence-electron chi connectivity index (χ2n) is 5.49. The van der Waals surface area contributed by atoms with Crippen LogP contribution in [0.4, 0.5) is 5.69 Å². The van der Waals surface area contributed by atoms with Crippen molar-refractivity contribution in [1.29, 1.82) is 0 Å². The number of carbonyl (C=O) groups excluding carboxylic acids is 1. The van der Waals surface area contributed by atoms with Crippen molar-refractivity contribution in [1.82, 2.24) is 0 Å². The number of hydrogen-bond donors (Lipinski definition) is 1. The highest BCUT2D eigenvalue weighted by atomic mass is 16.6. The Morgan fingerprint density at radius 1 is 1.04 bits per heavy atom. The average molecular weight is 343 g/mol. The molecule has 1 aliphatic rings. The maximum atomic E-state index is 12.1. The molecule has 0 atom stereocenters. The lowest BCUT2D eigenvalue weighted by atomic mass is 10.2. The molecule has 0 aromatic heterocycles. The molecule has 3 rings (SSSR count). The Labute approximate surface area is 146 Å². The number of para-hydroxylation sites is 2. The van der Waals surface area contributed by atoms with Crippen molar-refractivity contribution in [3.8, 4) is 23.0 Å². The molecule has 0 radical (unpaired) electrons. The molecule has 1 aliphatic heterocycles. The third kappa shape index (κ3) is 4.56. The summed E-state index contributed by atoms with van der Waals surface area (Å²) in [6.07, 6.45) is 0.902. The number of ether oxygens (including phenoxy) is 4. The van der Waals surface area contributed by atoms with E-state index in [2.05, 4.69) is 5.32 Å². The number of hydrogen-bond acceptors (Lipinski definition) is 5. The largest absolute Gasteiger partial charge is 0.490 e. The van der Waals surface area contributed by atoms with Gasteiger partial charge in [0, 0.05) is 11.8 Å². The third-order valence-electron chi connectivity index (χ3n) is 3.50. The minimum absolute atomic E-state index is 0.110. The Morgan fingerprint density at radius 2 is 1.76 bits per heavy atom. The van der Waals surface area contributed by atoms with Gasteiger partial charge < -0.3 is 24.3 Å². The summed E-state index contributed by atoms with van der Waals surface area (Å²) in [4.78, 5) is 12.1. The topological polar surface area (TPSA) is 66.0 Å². The van der Waals surface area contributed by atoms with Crippen molar-refractivity contribution in [2.45, 2.75) is 13.3 Å². The number of benzene rings is 2. The van der Waals surface area contributed by atoms with Gasteiger partial charge in [-0.2, -0.15) is 0 Å². The quantitative estimate of drug-likeness (QED) is 0.836. The van der Waals surface area contributed by atoms with Crippen molar-refractivity contribution in [3.63, 3.8) is 0 Å². The Hall–Kier alpha value is -2.89. The zero-order valence-corrected chi connectivity index (χ0v) is 14.1. The fourth-order valence-electron chi connectivity index (χ4n) is 2.36. The molecule has 0 unspecified atom stereocenters. The van der Waals surface area contributed by atoms with E-state index in [0.717, 1.165) is 6.42 Å². The maximum Gasteiger partial charge on any atom is 0.262 e. The summed E-state index contributed by atoms with van der Waals surface area (Å²) in [5, 5.41) is 2.78. The molecule has 0 fully saturated rings. The molecular formula is C19H21NO5. The minimum atomic E-state index is -0.262. The fourth-order valence-corrected chi connectivity index (χ4v) is 2.36. The smallest absolute Gasteiger partial charge is 0.262 e. The number of amides is 1. The average Bonchev–Trinajstić information content (AvgIpc) is 2.65. The summed E-state index contributed by atoms with van der Waals surface area (Å²) in [7, 11) is 0. The van der Waals surface area contributed by atoms with Crippen LogP contribution in [0.3, 0.4) is 0 Å². The van der Waals surface area contributed by atoms with Crippen molar-refractivity contribution in [2.24, 2.45) is 0 Å². The van der Waals surface area contributed by atoms with Gasteiger partial charge in [0.2, 0.25) is 0 Å². The molecule has 0 saturated carbocycles. The third-order valence-corrected chi connectivity index (χ3v) is 3.50. The van der Waals surface area contributed by atoms with E-state index >= 15 is 0 Å². The molecule has 6 nitrogen and oxygen atoms in total. The van der Waals surface area contributed by atoms with Crippen molar-refractivity contribution in [2.75, 3.05) is 31.7 Å². The van der Waals surface area contributed by atoms with Gasteiger partial charge in [-0.3, -0.25) is 4.79 Å². The van der Waals surface area contributed by atoms with Gasteiger partial charge in [0.1, 0.15) is 13.2 Å². The molecule has 0 bridgehead atoms. The van der Waals surface area contributed by atoms with E-state index < -0.39 is 0 Å². The highest BCUT2D eigenvalue weighted by Gasteiger charge is 2.13. The second-order valence-corrected chi connectivity index (χ2v) is 5.49. The van der Waals surface area contributed by atoms with Gasteiger partial charge in [-0.25, -0.2) is 0 Å². The Bertz CT molecular complexity index is 732. The lowest BCUT2D eigenvalue weighted by Crippen LogP contribution is -2.21. The summed E-state index contributed by atoms with van der Waals surface area (Å²) >= 11 is 0. The first-order valence-electron chi connectivity index (χ1n) is 8.30. The molecule has 2 aromatic carbocycles. The van der Waals surface area contributed by atoms with E-state index in [4.69, 9.17) is 18.9 Å². The molecular weight excluding hydrogens is 322 g/mol. The van der Waals surface area contributed by atoms with Crippen LogP contribution >= 0.6 is 0 Å². The lowest BCUT2D eigenvalue weighted by Gasteiger charge is -2.19. The van der Waals surface area contributed by atoms with Crippen LogP contribution in [0.2, 0.25) is 0 Å². The number of carbonyl (C=O) groups is 1. The molecule has 25 heavy (non-hydrogen) atoms. The fraction of sp³-hybridized carbons (Fsp3) is 0.316. The van der Waals surface area contributed by atoms with Crippen molar-refractivity contribution >= 4 is 11.6 Å². The summed E-state index contributed by atoms with van der Waals surface area (Å²) < 4.78 is 22.2. The first-order valence-corrected chi connectivity index (χ1v) is 8.30. The van der Waals surface area contributed by atoms with Crippen LogP contribution in [-0.2, 0) is 4.79 Å². The predicted octanol–water partition coefficient (Wildman–Crippen LogP) is 3.26. The van der Waals surface area contributed by atoms with Crippen LogP contribution in [0.5, 0.6) is 23.0 Å². The van der Waals surface area contributed by atoms with Crippen molar-refractivity contribution in [3.05, 3.63) is 42.5 Å². The van der Waals surface area contributed by atoms with Crippen LogP contribution in [0.25, 0.3) is 0 Å². The van der Waals surface area contributed by atoms with E-state index in [1.54, 1.807) is 24.3 Å². The van der Waals surface area contributed by atoms with E-state index in [9.17, 15) is 4.79 Å². The Kier molecular flexibility index (Phi) is 5.61. The lowest BCUT2D eigenvalue weighted by molar-refractivity contribution is -0.118. The van der Waals surface area contributed by atoms with Gasteiger partial charge >= 0.3 is 0 Å². The second kappa shape index (κ2) is 8.28. The number of anilines is 1. The summed E-state index contributed by atoms with van der Waals surface area (Å²) in [6.45, 7) is 3.56. The van der Waals surface area contributed by atoms with Crippen LogP contribution in [0.15, 0.2) is 42.5 Å². The molecule has 1 heterocycles. The number of nitrogens with one attached hydrogen (secondary N) is 1. The maximum absolute atomic E-state index is 12.1. The summed E-state index contributed by atoms with van der Waals surface area (Å²) in [6, 6.07) is 12.6. The van der Waals surface area contributed by atoms with Crippen LogP contribution < -0.4 is 24.3 Å². The predicted molar refractivity (Wildman–Crippen MR) is 93.8 cm³/mol. The molecule has 2 aromatic rings. The molecule has 6 heteroatoms. The SMILES string of the molecule is CCCOc1ccccc1OCC(=O)Nc1ccc2c(c1)OCCO2. The molecule has 0 saturated heterocycles. The van der Waals surface area contributed by atoms with Crippen LogP contribution in [-0.4, -0.2) is 32.3 Å². The summed E-state index contributed by atoms with van der Waals surface area (Å²) in [5.74, 6) is 2.23. The normalized spacial score (nSPS) is 12.4. The zero-order chi connectivity index (χ0) is 17.5. The number of fused-ring (bicyclic) bond motifs is 1. The molecule has 1 N–H and O–H groups in total. The monoisotopic (exact) mass is 343 g/mol. The van der Waals surface area contributed by atoms with E-state index in [-0.39, 0.29) is 12.5 Å². The van der Waals surface area contributed by atoms with Gasteiger partial charge in [0.05, 0.1) is 6.61 Å². The molecule has 0 aliphatic carbocycles. The van der Waals surface area contributed by atoms with Gasteiger partial charge in [-0.05, 0) is 30.7 Å². The molecule has 132 valence electrons. The highest BCUT2D eigenvalue weighted by Crippen LogP contribution is 2.32. The van der Waals surface area contributed by atoms with Gasteiger partial charge in [-0.15, -0.1) is 0 Å². The highest BCUT2D eigenvalue weighted by molar-refractivity contribution is 5.92. The molecule has 1 amide bonds. The van der Waals surface area contributed by atoms with E-state index in [1.165, 1.54) is 0 Å². The Morgan fingerprint density at radius 3 is 2.52 bits per heavy atom. The first kappa shape index (κ1) is 17.0. The van der Waals surface area contributed by atoms with Crippen LogP contribution in [0.1, 0.15) is 13.3 Å². The minimum Gasteiger partial charge on any atom is -0.490 e.